The average Bonchev–Trinajstić information content (AvgIpc) is 3.04. The van der Waals surface area contributed by atoms with E-state index in [1.54, 1.807) is 6.08 Å². The van der Waals surface area contributed by atoms with Gasteiger partial charge >= 0.3 is 5.97 Å². The molecule has 1 aliphatic heterocycles. The molecule has 2 heterocycles. The first-order chi connectivity index (χ1) is 13.2. The van der Waals surface area contributed by atoms with Gasteiger partial charge < -0.3 is 9.47 Å². The molecule has 4 rings (SSSR count). The van der Waals surface area contributed by atoms with Crippen molar-refractivity contribution in [1.29, 1.82) is 0 Å². The fourth-order valence-corrected chi connectivity index (χ4v) is 4.37. The topological polar surface area (TPSA) is 48.4 Å². The molecule has 0 aliphatic carbocycles. The molecule has 0 radical (unpaired) electrons. The third-order valence-corrected chi connectivity index (χ3v) is 5.76. The number of thiazole rings is 1. The number of hydrogen-bond acceptors (Lipinski definition) is 5. The van der Waals surface area contributed by atoms with Crippen LogP contribution in [-0.2, 0) is 9.53 Å². The summed E-state index contributed by atoms with van der Waals surface area (Å²) in [5.74, 6) is -0.141. The summed E-state index contributed by atoms with van der Waals surface area (Å²) >= 11 is 7.58. The molecule has 0 amide bonds. The maximum atomic E-state index is 12.5. The van der Waals surface area contributed by atoms with Crippen LogP contribution in [0.15, 0.2) is 66.2 Å². The number of esters is 1. The van der Waals surface area contributed by atoms with Gasteiger partial charge in [-0.2, -0.15) is 0 Å². The standard InChI is InChI=1S/C21H16ClNO3S/c1-25-21(24)16-11-12-26-19-18(17(16)13-7-9-15(22)10-8-13)27-20(23-19)14-5-3-2-4-6-14/h2-11,17H,12H2,1H3. The molecule has 1 aromatic heterocycles. The van der Waals surface area contributed by atoms with E-state index in [4.69, 9.17) is 21.1 Å². The minimum atomic E-state index is -0.374. The number of fused-ring (bicyclic) bond motifs is 1. The van der Waals surface area contributed by atoms with Crippen molar-refractivity contribution >= 4 is 28.9 Å². The van der Waals surface area contributed by atoms with Crippen LogP contribution in [0.2, 0.25) is 5.02 Å². The molecule has 1 atom stereocenters. The van der Waals surface area contributed by atoms with E-state index in [2.05, 4.69) is 4.98 Å². The van der Waals surface area contributed by atoms with E-state index >= 15 is 0 Å². The minimum absolute atomic E-state index is 0.263. The first-order valence-corrected chi connectivity index (χ1v) is 9.59. The molecule has 6 heteroatoms. The van der Waals surface area contributed by atoms with Gasteiger partial charge in [0, 0.05) is 16.2 Å². The first-order valence-electron chi connectivity index (χ1n) is 8.40. The van der Waals surface area contributed by atoms with E-state index in [1.165, 1.54) is 18.4 Å². The number of methoxy groups -OCH3 is 1. The number of carbonyl (C=O) groups is 1. The lowest BCUT2D eigenvalue weighted by Crippen LogP contribution is -2.13. The van der Waals surface area contributed by atoms with E-state index in [1.807, 2.05) is 54.6 Å². The fraction of sp³-hybridized carbons (Fsp3) is 0.143. The van der Waals surface area contributed by atoms with Crippen molar-refractivity contribution in [2.75, 3.05) is 13.7 Å². The number of aromatic nitrogens is 1. The molecule has 136 valence electrons. The molecular weight excluding hydrogens is 382 g/mol. The second-order valence-electron chi connectivity index (χ2n) is 6.00. The van der Waals surface area contributed by atoms with Gasteiger partial charge in [-0.05, 0) is 23.8 Å². The lowest BCUT2D eigenvalue weighted by Gasteiger charge is -2.17. The quantitative estimate of drug-likeness (QED) is 0.578. The lowest BCUT2D eigenvalue weighted by atomic mass is 9.89. The summed E-state index contributed by atoms with van der Waals surface area (Å²) in [4.78, 5) is 18.0. The van der Waals surface area contributed by atoms with Gasteiger partial charge in [0.15, 0.2) is 0 Å². The molecule has 0 saturated heterocycles. The molecule has 3 aromatic rings. The summed E-state index contributed by atoms with van der Waals surface area (Å²) in [6.45, 7) is 0.263. The number of benzene rings is 2. The predicted octanol–water partition coefficient (Wildman–Crippen LogP) is 5.09. The van der Waals surface area contributed by atoms with Crippen LogP contribution in [0.3, 0.4) is 0 Å². The second-order valence-corrected chi connectivity index (χ2v) is 7.47. The Hall–Kier alpha value is -2.63. The van der Waals surface area contributed by atoms with Gasteiger partial charge in [-0.15, -0.1) is 11.3 Å². The third-order valence-electron chi connectivity index (χ3n) is 4.36. The summed E-state index contributed by atoms with van der Waals surface area (Å²) in [5.41, 5.74) is 2.49. The smallest absolute Gasteiger partial charge is 0.334 e. The Labute approximate surface area is 166 Å². The summed E-state index contributed by atoms with van der Waals surface area (Å²) in [5, 5.41) is 1.49. The maximum absolute atomic E-state index is 12.5. The molecule has 0 N–H and O–H groups in total. The normalized spacial score (nSPS) is 15.9. The molecule has 0 bridgehead atoms. The molecular formula is C21H16ClNO3S. The van der Waals surface area contributed by atoms with Gasteiger partial charge in [0.2, 0.25) is 5.88 Å². The summed E-state index contributed by atoms with van der Waals surface area (Å²) in [6, 6.07) is 17.4. The van der Waals surface area contributed by atoms with Gasteiger partial charge in [0.1, 0.15) is 11.6 Å². The van der Waals surface area contributed by atoms with Crippen molar-refractivity contribution in [1.82, 2.24) is 4.98 Å². The number of rotatable bonds is 3. The van der Waals surface area contributed by atoms with E-state index in [0.717, 1.165) is 21.0 Å². The fourth-order valence-electron chi connectivity index (χ4n) is 3.08. The number of halogens is 1. The van der Waals surface area contributed by atoms with Crippen LogP contribution in [0.25, 0.3) is 10.6 Å². The highest BCUT2D eigenvalue weighted by Crippen LogP contribution is 2.45. The van der Waals surface area contributed by atoms with E-state index in [-0.39, 0.29) is 18.5 Å². The van der Waals surface area contributed by atoms with Gasteiger partial charge in [0.05, 0.1) is 17.9 Å². The molecule has 27 heavy (non-hydrogen) atoms. The van der Waals surface area contributed by atoms with Gasteiger partial charge in [-0.25, -0.2) is 9.78 Å². The van der Waals surface area contributed by atoms with Crippen molar-refractivity contribution in [3.8, 4) is 16.5 Å². The highest BCUT2D eigenvalue weighted by atomic mass is 35.5. The van der Waals surface area contributed by atoms with Crippen LogP contribution in [0.5, 0.6) is 5.88 Å². The molecule has 4 nitrogen and oxygen atoms in total. The Kier molecular flexibility index (Phi) is 4.97. The van der Waals surface area contributed by atoms with E-state index in [9.17, 15) is 4.79 Å². The van der Waals surface area contributed by atoms with Gasteiger partial charge in [0.25, 0.3) is 0 Å². The van der Waals surface area contributed by atoms with Crippen LogP contribution < -0.4 is 4.74 Å². The van der Waals surface area contributed by atoms with Crippen LogP contribution in [-0.4, -0.2) is 24.7 Å². The van der Waals surface area contributed by atoms with E-state index in [0.29, 0.717) is 16.5 Å². The number of nitrogens with zero attached hydrogens (tertiary/aromatic N) is 1. The number of carbonyl (C=O) groups excluding carboxylic acids is 1. The molecule has 0 fully saturated rings. The Balaban J connectivity index is 1.87. The summed E-state index contributed by atoms with van der Waals surface area (Å²) in [6.07, 6.45) is 1.77. The van der Waals surface area contributed by atoms with Crippen molar-refractivity contribution in [3.05, 3.63) is 81.7 Å². The Morgan fingerprint density at radius 1 is 1.19 bits per heavy atom. The second kappa shape index (κ2) is 7.55. The van der Waals surface area contributed by atoms with Crippen LogP contribution in [0.1, 0.15) is 16.4 Å². The molecule has 0 saturated carbocycles. The van der Waals surface area contributed by atoms with Gasteiger partial charge in [-0.3, -0.25) is 0 Å². The highest BCUT2D eigenvalue weighted by molar-refractivity contribution is 7.15. The van der Waals surface area contributed by atoms with E-state index < -0.39 is 0 Å². The minimum Gasteiger partial charge on any atom is -0.473 e. The summed E-state index contributed by atoms with van der Waals surface area (Å²) < 4.78 is 10.9. The van der Waals surface area contributed by atoms with Crippen molar-refractivity contribution in [2.45, 2.75) is 5.92 Å². The zero-order valence-corrected chi connectivity index (χ0v) is 16.1. The number of ether oxygens (including phenoxy) is 2. The third kappa shape index (κ3) is 3.48. The SMILES string of the molecule is COC(=O)C1=CCOc2nc(-c3ccccc3)sc2C1c1ccc(Cl)cc1. The number of hydrogen-bond donors (Lipinski definition) is 0. The largest absolute Gasteiger partial charge is 0.473 e. The zero-order chi connectivity index (χ0) is 18.8. The van der Waals surface area contributed by atoms with Crippen LogP contribution in [0, 0.1) is 0 Å². The Morgan fingerprint density at radius 3 is 2.63 bits per heavy atom. The lowest BCUT2D eigenvalue weighted by molar-refractivity contribution is -0.136. The van der Waals surface area contributed by atoms with Crippen molar-refractivity contribution < 1.29 is 14.3 Å². The Morgan fingerprint density at radius 2 is 1.93 bits per heavy atom. The van der Waals surface area contributed by atoms with Crippen LogP contribution in [0.4, 0.5) is 0 Å². The predicted molar refractivity (Wildman–Crippen MR) is 106 cm³/mol. The zero-order valence-electron chi connectivity index (χ0n) is 14.5. The molecule has 1 aliphatic rings. The van der Waals surface area contributed by atoms with Crippen molar-refractivity contribution in [2.24, 2.45) is 0 Å². The van der Waals surface area contributed by atoms with Crippen molar-refractivity contribution in [3.63, 3.8) is 0 Å². The monoisotopic (exact) mass is 397 g/mol. The molecule has 2 aromatic carbocycles. The first kappa shape index (κ1) is 17.8. The summed E-state index contributed by atoms with van der Waals surface area (Å²) in [7, 11) is 1.39. The average molecular weight is 398 g/mol. The maximum Gasteiger partial charge on any atom is 0.334 e. The molecule has 0 spiro atoms. The van der Waals surface area contributed by atoms with Crippen LogP contribution >= 0.6 is 22.9 Å². The molecule has 1 unspecified atom stereocenters. The van der Waals surface area contributed by atoms with Gasteiger partial charge in [-0.1, -0.05) is 54.1 Å². The Bertz CT molecular complexity index is 996. The highest BCUT2D eigenvalue weighted by Gasteiger charge is 2.32.